The van der Waals surface area contributed by atoms with E-state index in [1.54, 1.807) is 4.90 Å². The van der Waals surface area contributed by atoms with E-state index in [0.29, 0.717) is 13.0 Å². The molecule has 1 saturated heterocycles. The Morgan fingerprint density at radius 1 is 0.605 bits per heavy atom. The molecular formula is C36H72N2O5. The highest BCUT2D eigenvalue weighted by Crippen LogP contribution is 2.24. The largest absolute Gasteiger partial charge is 0.394 e. The second kappa shape index (κ2) is 27.6. The topological polar surface area (TPSA) is 116 Å². The highest BCUT2D eigenvalue weighted by atomic mass is 16.5. The van der Waals surface area contributed by atoms with Gasteiger partial charge in [0.15, 0.2) is 6.23 Å². The summed E-state index contributed by atoms with van der Waals surface area (Å²) >= 11 is 0. The van der Waals surface area contributed by atoms with Gasteiger partial charge in [0.2, 0.25) is 5.91 Å². The van der Waals surface area contributed by atoms with Crippen molar-refractivity contribution in [2.24, 2.45) is 5.73 Å². The zero-order valence-electron chi connectivity index (χ0n) is 28.4. The quantitative estimate of drug-likeness (QED) is 0.0642. The van der Waals surface area contributed by atoms with Gasteiger partial charge in [-0.1, -0.05) is 162 Å². The lowest BCUT2D eigenvalue weighted by atomic mass is 9.95. The van der Waals surface area contributed by atoms with Crippen molar-refractivity contribution in [3.8, 4) is 0 Å². The van der Waals surface area contributed by atoms with Crippen LogP contribution in [0.4, 0.5) is 0 Å². The summed E-state index contributed by atoms with van der Waals surface area (Å²) in [6, 6.07) is -0.911. The number of aliphatic hydroxyl groups is 3. The molecule has 1 fully saturated rings. The summed E-state index contributed by atoms with van der Waals surface area (Å²) in [6.07, 6.45) is 27.5. The Labute approximate surface area is 265 Å². The predicted molar refractivity (Wildman–Crippen MR) is 179 cm³/mol. The number of amides is 1. The minimum atomic E-state index is -1.26. The summed E-state index contributed by atoms with van der Waals surface area (Å²) in [7, 11) is 0. The second-order valence-electron chi connectivity index (χ2n) is 13.3. The minimum Gasteiger partial charge on any atom is -0.394 e. The number of nitrogens with zero attached hydrogens (tertiary/aromatic N) is 1. The molecule has 0 unspecified atom stereocenters. The lowest BCUT2D eigenvalue weighted by Gasteiger charge is -2.45. The molecule has 0 bridgehead atoms. The molecular weight excluding hydrogens is 540 g/mol. The SMILES string of the molecule is CCCCCCCCCCCCCCCCCCN(C(=O)CCCCCCCCCCC)[C@@H]1O[C@H](CO)[C@@H](O)[C@H](O)[C@H]1N. The smallest absolute Gasteiger partial charge is 0.224 e. The maximum Gasteiger partial charge on any atom is 0.224 e. The number of unbranched alkanes of at least 4 members (excludes halogenated alkanes) is 23. The van der Waals surface area contributed by atoms with Gasteiger partial charge < -0.3 is 30.7 Å². The van der Waals surface area contributed by atoms with E-state index in [2.05, 4.69) is 13.8 Å². The average Bonchev–Trinajstić information content (AvgIpc) is 3.01. The number of carbonyl (C=O) groups excluding carboxylic acids is 1. The van der Waals surface area contributed by atoms with Crippen LogP contribution in [-0.2, 0) is 9.53 Å². The van der Waals surface area contributed by atoms with E-state index >= 15 is 0 Å². The summed E-state index contributed by atoms with van der Waals surface area (Å²) < 4.78 is 5.90. The number of nitrogens with two attached hydrogens (primary N) is 1. The van der Waals surface area contributed by atoms with Gasteiger partial charge in [0.1, 0.15) is 18.3 Å². The van der Waals surface area contributed by atoms with Crippen molar-refractivity contribution in [1.82, 2.24) is 4.90 Å². The number of aliphatic hydroxyl groups excluding tert-OH is 3. The Hall–Kier alpha value is -0.730. The van der Waals surface area contributed by atoms with Crippen LogP contribution >= 0.6 is 0 Å². The van der Waals surface area contributed by atoms with Gasteiger partial charge in [-0.2, -0.15) is 0 Å². The number of ether oxygens (including phenoxy) is 1. The van der Waals surface area contributed by atoms with Crippen molar-refractivity contribution >= 4 is 5.91 Å². The maximum absolute atomic E-state index is 13.4. The van der Waals surface area contributed by atoms with E-state index in [0.717, 1.165) is 38.5 Å². The van der Waals surface area contributed by atoms with Crippen LogP contribution in [0.15, 0.2) is 0 Å². The molecule has 1 aliphatic rings. The van der Waals surface area contributed by atoms with E-state index in [-0.39, 0.29) is 5.91 Å². The lowest BCUT2D eigenvalue weighted by Crippen LogP contribution is -2.67. The standard InChI is InChI=1S/C36H72N2O5/c1-3-5-7-9-11-13-14-15-16-17-18-19-21-23-25-27-29-38(36-33(37)35(42)34(41)31(30-39)43-36)32(40)28-26-24-22-20-12-10-8-6-4-2/h31,33-36,39,41-42H,3-30,37H2,1-2H3/t31-,33-,34-,35-,36-/m1/s1. The Bertz CT molecular complexity index is 635. The molecule has 1 heterocycles. The number of hydrogen-bond acceptors (Lipinski definition) is 6. The van der Waals surface area contributed by atoms with Crippen LogP contribution in [0.1, 0.15) is 181 Å². The fraction of sp³-hybridized carbons (Fsp3) is 0.972. The molecule has 7 heteroatoms. The first-order valence-electron chi connectivity index (χ1n) is 18.6. The van der Waals surface area contributed by atoms with Crippen LogP contribution in [0.3, 0.4) is 0 Å². The van der Waals surface area contributed by atoms with Gasteiger partial charge >= 0.3 is 0 Å². The number of hydrogen-bond donors (Lipinski definition) is 4. The molecule has 0 aliphatic carbocycles. The Morgan fingerprint density at radius 3 is 1.37 bits per heavy atom. The molecule has 5 atom stereocenters. The molecule has 1 aliphatic heterocycles. The van der Waals surface area contributed by atoms with Gasteiger partial charge in [-0.05, 0) is 12.8 Å². The van der Waals surface area contributed by atoms with Crippen LogP contribution in [0, 0.1) is 0 Å². The van der Waals surface area contributed by atoms with Crippen LogP contribution < -0.4 is 5.73 Å². The fourth-order valence-electron chi connectivity index (χ4n) is 6.35. The Balaban J connectivity index is 2.33. The summed E-state index contributed by atoms with van der Waals surface area (Å²) in [5, 5.41) is 30.4. The Kier molecular flexibility index (Phi) is 25.8. The van der Waals surface area contributed by atoms with Crippen molar-refractivity contribution in [3.63, 3.8) is 0 Å². The molecule has 256 valence electrons. The van der Waals surface area contributed by atoms with Gasteiger partial charge in [-0.25, -0.2) is 0 Å². The summed E-state index contributed by atoms with van der Waals surface area (Å²) in [5.41, 5.74) is 6.26. The normalized spacial score (nSPS) is 22.2. The highest BCUT2D eigenvalue weighted by Gasteiger charge is 2.45. The van der Waals surface area contributed by atoms with E-state index < -0.39 is 37.2 Å². The Morgan fingerprint density at radius 2 is 0.977 bits per heavy atom. The molecule has 0 aromatic carbocycles. The molecule has 7 nitrogen and oxygen atoms in total. The monoisotopic (exact) mass is 613 g/mol. The van der Waals surface area contributed by atoms with E-state index in [1.807, 2.05) is 0 Å². The second-order valence-corrected chi connectivity index (χ2v) is 13.3. The average molecular weight is 613 g/mol. The number of rotatable bonds is 29. The minimum absolute atomic E-state index is 0.00960. The first-order chi connectivity index (χ1) is 21.0. The van der Waals surface area contributed by atoms with Crippen LogP contribution in [0.2, 0.25) is 0 Å². The van der Waals surface area contributed by atoms with Crippen molar-refractivity contribution in [3.05, 3.63) is 0 Å². The zero-order chi connectivity index (χ0) is 31.5. The highest BCUT2D eigenvalue weighted by molar-refractivity contribution is 5.76. The lowest BCUT2D eigenvalue weighted by molar-refractivity contribution is -0.226. The van der Waals surface area contributed by atoms with Crippen molar-refractivity contribution in [1.29, 1.82) is 0 Å². The third-order valence-electron chi connectivity index (χ3n) is 9.32. The first kappa shape index (κ1) is 40.3. The van der Waals surface area contributed by atoms with Crippen LogP contribution in [0.5, 0.6) is 0 Å². The van der Waals surface area contributed by atoms with Crippen LogP contribution in [0.25, 0.3) is 0 Å². The third-order valence-corrected chi connectivity index (χ3v) is 9.32. The van der Waals surface area contributed by atoms with Crippen molar-refractivity contribution < 1.29 is 24.9 Å². The molecule has 43 heavy (non-hydrogen) atoms. The van der Waals surface area contributed by atoms with E-state index in [9.17, 15) is 20.1 Å². The summed E-state index contributed by atoms with van der Waals surface area (Å²) in [5.74, 6) is -0.00960. The fourth-order valence-corrected chi connectivity index (χ4v) is 6.35. The molecule has 5 N–H and O–H groups in total. The van der Waals surface area contributed by atoms with Gasteiger partial charge in [0.25, 0.3) is 0 Å². The molecule has 0 saturated carbocycles. The molecule has 1 amide bonds. The van der Waals surface area contributed by atoms with Crippen molar-refractivity contribution in [2.45, 2.75) is 211 Å². The van der Waals surface area contributed by atoms with Crippen LogP contribution in [-0.4, -0.2) is 69.9 Å². The molecule has 1 rings (SSSR count). The van der Waals surface area contributed by atoms with E-state index in [4.69, 9.17) is 10.5 Å². The molecule has 0 spiro atoms. The third kappa shape index (κ3) is 18.7. The summed E-state index contributed by atoms with van der Waals surface area (Å²) in [4.78, 5) is 15.0. The summed E-state index contributed by atoms with van der Waals surface area (Å²) in [6.45, 7) is 4.60. The van der Waals surface area contributed by atoms with Gasteiger partial charge in [0, 0.05) is 13.0 Å². The van der Waals surface area contributed by atoms with Gasteiger partial charge in [0.05, 0.1) is 12.6 Å². The molecule has 0 radical (unpaired) electrons. The zero-order valence-corrected chi connectivity index (χ0v) is 28.4. The van der Waals surface area contributed by atoms with E-state index in [1.165, 1.54) is 122 Å². The number of carbonyl (C=O) groups is 1. The van der Waals surface area contributed by atoms with Crippen molar-refractivity contribution in [2.75, 3.05) is 13.2 Å². The van der Waals surface area contributed by atoms with Gasteiger partial charge in [-0.3, -0.25) is 4.79 Å². The van der Waals surface area contributed by atoms with Gasteiger partial charge in [-0.15, -0.1) is 0 Å². The molecule has 0 aromatic rings. The maximum atomic E-state index is 13.4. The first-order valence-corrected chi connectivity index (χ1v) is 18.6. The predicted octanol–water partition coefficient (Wildman–Crippen LogP) is 7.76. The molecule has 0 aromatic heterocycles.